The summed E-state index contributed by atoms with van der Waals surface area (Å²) in [6.07, 6.45) is 3.23. The fourth-order valence-electron chi connectivity index (χ4n) is 2.53. The monoisotopic (exact) mass is 253 g/mol. The average molecular weight is 253 g/mol. The molecular weight excluding hydrogens is 230 g/mol. The van der Waals surface area contributed by atoms with Crippen LogP contribution in [0.5, 0.6) is 0 Å². The Morgan fingerprint density at radius 3 is 2.32 bits per heavy atom. The molecule has 100 valence electrons. The van der Waals surface area contributed by atoms with Gasteiger partial charge in [-0.3, -0.25) is 0 Å². The Morgan fingerprint density at radius 2 is 1.63 bits per heavy atom. The number of benzene rings is 2. The minimum atomic E-state index is 1.07. The summed E-state index contributed by atoms with van der Waals surface area (Å²) < 4.78 is 0. The van der Waals surface area contributed by atoms with Crippen LogP contribution in [0.1, 0.15) is 37.5 Å². The molecule has 0 saturated carbocycles. The molecule has 0 amide bonds. The van der Waals surface area contributed by atoms with Gasteiger partial charge in [-0.05, 0) is 54.2 Å². The Kier molecular flexibility index (Phi) is 4.62. The molecule has 0 spiro atoms. The van der Waals surface area contributed by atoms with E-state index in [1.807, 2.05) is 0 Å². The van der Waals surface area contributed by atoms with Crippen molar-refractivity contribution in [3.8, 4) is 0 Å². The highest BCUT2D eigenvalue weighted by molar-refractivity contribution is 5.65. The molecule has 2 aromatic carbocycles. The topological polar surface area (TPSA) is 12.0 Å². The highest BCUT2D eigenvalue weighted by Crippen LogP contribution is 2.25. The average Bonchev–Trinajstić information content (AvgIpc) is 2.47. The Bertz CT molecular complexity index is 543. The van der Waals surface area contributed by atoms with Crippen molar-refractivity contribution < 1.29 is 0 Å². The lowest BCUT2D eigenvalue weighted by molar-refractivity contribution is 1.04. The predicted molar refractivity (Wildman–Crippen MR) is 84.3 cm³/mol. The number of anilines is 2. The van der Waals surface area contributed by atoms with Gasteiger partial charge < -0.3 is 5.32 Å². The first-order valence-electron chi connectivity index (χ1n) is 7.25. The molecule has 0 atom stereocenters. The largest absolute Gasteiger partial charge is 0.355 e. The van der Waals surface area contributed by atoms with Crippen molar-refractivity contribution in [1.29, 1.82) is 0 Å². The molecule has 1 N–H and O–H groups in total. The van der Waals surface area contributed by atoms with E-state index in [2.05, 4.69) is 68.6 Å². The third-order valence-corrected chi connectivity index (χ3v) is 3.62. The van der Waals surface area contributed by atoms with Crippen molar-refractivity contribution >= 4 is 11.4 Å². The summed E-state index contributed by atoms with van der Waals surface area (Å²) in [6.45, 7) is 6.63. The van der Waals surface area contributed by atoms with E-state index in [-0.39, 0.29) is 0 Å². The van der Waals surface area contributed by atoms with Gasteiger partial charge in [0, 0.05) is 11.4 Å². The molecule has 0 saturated heterocycles. The Balaban J connectivity index is 2.32. The first kappa shape index (κ1) is 13.7. The minimum Gasteiger partial charge on any atom is -0.355 e. The molecule has 0 aliphatic rings. The van der Waals surface area contributed by atoms with Crippen LogP contribution in [-0.4, -0.2) is 0 Å². The third-order valence-electron chi connectivity index (χ3n) is 3.62. The lowest BCUT2D eigenvalue weighted by Crippen LogP contribution is -1.99. The summed E-state index contributed by atoms with van der Waals surface area (Å²) in [6, 6.07) is 15.2. The fraction of sp³-hybridized carbons (Fsp3) is 0.333. The van der Waals surface area contributed by atoms with Gasteiger partial charge in [0.25, 0.3) is 0 Å². The molecule has 0 aliphatic heterocycles. The van der Waals surface area contributed by atoms with Crippen LogP contribution in [0.15, 0.2) is 42.5 Å². The van der Waals surface area contributed by atoms with Gasteiger partial charge in [-0.15, -0.1) is 0 Å². The normalized spacial score (nSPS) is 10.5. The lowest BCUT2D eigenvalue weighted by Gasteiger charge is -2.15. The molecule has 1 nitrogen and oxygen atoms in total. The van der Waals surface area contributed by atoms with Crippen LogP contribution in [-0.2, 0) is 19.3 Å². The summed E-state index contributed by atoms with van der Waals surface area (Å²) in [5.41, 5.74) is 6.68. The zero-order valence-corrected chi connectivity index (χ0v) is 12.2. The number of nitrogens with one attached hydrogen (secondary N) is 1. The third kappa shape index (κ3) is 3.17. The maximum absolute atomic E-state index is 3.57. The van der Waals surface area contributed by atoms with Crippen molar-refractivity contribution in [3.05, 3.63) is 59.2 Å². The molecule has 0 unspecified atom stereocenters. The molecule has 0 aromatic heterocycles. The molecule has 0 radical (unpaired) electrons. The van der Waals surface area contributed by atoms with E-state index in [0.29, 0.717) is 0 Å². The van der Waals surface area contributed by atoms with Gasteiger partial charge in [-0.1, -0.05) is 45.0 Å². The second-order valence-corrected chi connectivity index (χ2v) is 4.83. The van der Waals surface area contributed by atoms with Crippen molar-refractivity contribution in [2.75, 3.05) is 5.32 Å². The molecule has 0 aliphatic carbocycles. The van der Waals surface area contributed by atoms with Crippen LogP contribution < -0.4 is 5.32 Å². The van der Waals surface area contributed by atoms with Gasteiger partial charge in [0.1, 0.15) is 0 Å². The molecule has 2 aromatic rings. The number of aryl methyl sites for hydroxylation is 2. The van der Waals surface area contributed by atoms with Crippen molar-refractivity contribution in [1.82, 2.24) is 0 Å². The van der Waals surface area contributed by atoms with Crippen LogP contribution in [0.25, 0.3) is 0 Å². The quantitative estimate of drug-likeness (QED) is 0.780. The molecule has 2 rings (SSSR count). The number of hydrogen-bond donors (Lipinski definition) is 1. The molecule has 19 heavy (non-hydrogen) atoms. The van der Waals surface area contributed by atoms with E-state index in [9.17, 15) is 0 Å². The lowest BCUT2D eigenvalue weighted by atomic mass is 10.0. The first-order chi connectivity index (χ1) is 9.28. The fourth-order valence-corrected chi connectivity index (χ4v) is 2.53. The van der Waals surface area contributed by atoms with Gasteiger partial charge in [0.05, 0.1) is 0 Å². The number of rotatable bonds is 5. The van der Waals surface area contributed by atoms with Crippen LogP contribution in [0, 0.1) is 0 Å². The van der Waals surface area contributed by atoms with E-state index in [4.69, 9.17) is 0 Å². The van der Waals surface area contributed by atoms with Gasteiger partial charge in [-0.2, -0.15) is 0 Å². The van der Waals surface area contributed by atoms with E-state index in [1.165, 1.54) is 28.1 Å². The molecule has 1 heteroatoms. The van der Waals surface area contributed by atoms with Gasteiger partial charge >= 0.3 is 0 Å². The maximum atomic E-state index is 3.57. The van der Waals surface area contributed by atoms with Gasteiger partial charge in [0.15, 0.2) is 0 Å². The molecule has 0 bridgehead atoms. The van der Waals surface area contributed by atoms with Crippen molar-refractivity contribution in [3.63, 3.8) is 0 Å². The van der Waals surface area contributed by atoms with Crippen LogP contribution in [0.4, 0.5) is 11.4 Å². The highest BCUT2D eigenvalue weighted by atomic mass is 14.9. The summed E-state index contributed by atoms with van der Waals surface area (Å²) in [7, 11) is 0. The zero-order chi connectivity index (χ0) is 13.7. The molecule has 0 heterocycles. The summed E-state index contributed by atoms with van der Waals surface area (Å²) in [4.78, 5) is 0. The van der Waals surface area contributed by atoms with Gasteiger partial charge in [0.2, 0.25) is 0 Å². The standard InChI is InChI=1S/C18H23N/c1-4-14-9-7-11-16(13-14)19-18-12-8-10-15(5-2)17(18)6-3/h7-13,19H,4-6H2,1-3H3. The minimum absolute atomic E-state index is 1.07. The van der Waals surface area contributed by atoms with Crippen LogP contribution >= 0.6 is 0 Å². The Labute approximate surface area is 116 Å². The zero-order valence-electron chi connectivity index (χ0n) is 12.2. The van der Waals surface area contributed by atoms with Crippen molar-refractivity contribution in [2.45, 2.75) is 40.0 Å². The van der Waals surface area contributed by atoms with E-state index in [1.54, 1.807) is 0 Å². The predicted octanol–water partition coefficient (Wildman–Crippen LogP) is 5.12. The van der Waals surface area contributed by atoms with Crippen LogP contribution in [0.2, 0.25) is 0 Å². The van der Waals surface area contributed by atoms with Gasteiger partial charge in [-0.25, -0.2) is 0 Å². The van der Waals surface area contributed by atoms with E-state index >= 15 is 0 Å². The van der Waals surface area contributed by atoms with E-state index < -0.39 is 0 Å². The molecule has 0 fully saturated rings. The number of hydrogen-bond acceptors (Lipinski definition) is 1. The molecular formula is C18H23N. The second kappa shape index (κ2) is 6.42. The summed E-state index contributed by atoms with van der Waals surface area (Å²) >= 11 is 0. The maximum Gasteiger partial charge on any atom is 0.0419 e. The Morgan fingerprint density at radius 1 is 0.842 bits per heavy atom. The SMILES string of the molecule is CCc1cccc(Nc2cccc(CC)c2CC)c1. The Hall–Kier alpha value is -1.76. The highest BCUT2D eigenvalue weighted by Gasteiger charge is 2.05. The second-order valence-electron chi connectivity index (χ2n) is 4.83. The van der Waals surface area contributed by atoms with Crippen LogP contribution in [0.3, 0.4) is 0 Å². The smallest absolute Gasteiger partial charge is 0.0419 e. The summed E-state index contributed by atoms with van der Waals surface area (Å²) in [5.74, 6) is 0. The summed E-state index contributed by atoms with van der Waals surface area (Å²) in [5, 5.41) is 3.57. The van der Waals surface area contributed by atoms with E-state index in [0.717, 1.165) is 19.3 Å². The van der Waals surface area contributed by atoms with Crippen molar-refractivity contribution in [2.24, 2.45) is 0 Å². The first-order valence-corrected chi connectivity index (χ1v) is 7.25.